The lowest BCUT2D eigenvalue weighted by Crippen LogP contribution is -2.31. The van der Waals surface area contributed by atoms with Crippen LogP contribution in [0.25, 0.3) is 0 Å². The molecule has 0 radical (unpaired) electrons. The van der Waals surface area contributed by atoms with Gasteiger partial charge in [-0.3, -0.25) is 9.10 Å². The van der Waals surface area contributed by atoms with Gasteiger partial charge in [0.25, 0.3) is 15.9 Å². The molecule has 3 rings (SSSR count). The van der Waals surface area contributed by atoms with Gasteiger partial charge < -0.3 is 5.32 Å². The minimum Gasteiger partial charge on any atom is -0.346 e. The summed E-state index contributed by atoms with van der Waals surface area (Å²) >= 11 is 0. The van der Waals surface area contributed by atoms with Crippen LogP contribution in [0.2, 0.25) is 0 Å². The summed E-state index contributed by atoms with van der Waals surface area (Å²) < 4.78 is 27.4. The molecule has 0 saturated carbocycles. The maximum Gasteiger partial charge on any atom is 0.264 e. The number of carbonyl (C=O) groups excluding carboxylic acids is 1. The molecule has 1 N–H and O–H groups in total. The van der Waals surface area contributed by atoms with E-state index in [1.54, 1.807) is 54.6 Å². The van der Waals surface area contributed by atoms with Crippen molar-refractivity contribution in [3.05, 3.63) is 108 Å². The number of nitrogens with zero attached hydrogens (tertiary/aromatic N) is 1. The van der Waals surface area contributed by atoms with Gasteiger partial charge in [0.2, 0.25) is 0 Å². The molecule has 6 heteroatoms. The minimum atomic E-state index is -3.75. The predicted molar refractivity (Wildman–Crippen MR) is 125 cm³/mol. The standard InChI is InChI=1S/C25H26N2O3S/c1-4-18-27(31(29,30)24-8-6-5-7-9-24)23-16-14-22(15-17-23)25(28)26-20(3)21-12-10-19(2)11-13-21/h4-17,20H,1,18H2,2-3H3,(H,26,28). The molecule has 31 heavy (non-hydrogen) atoms. The van der Waals surface area contributed by atoms with Crippen molar-refractivity contribution in [1.82, 2.24) is 5.32 Å². The summed E-state index contributed by atoms with van der Waals surface area (Å²) in [6.45, 7) is 7.74. The second-order valence-electron chi connectivity index (χ2n) is 7.29. The number of hydrogen-bond acceptors (Lipinski definition) is 3. The maximum absolute atomic E-state index is 13.1. The van der Waals surface area contributed by atoms with Crippen LogP contribution < -0.4 is 9.62 Å². The van der Waals surface area contributed by atoms with Crippen molar-refractivity contribution in [2.45, 2.75) is 24.8 Å². The molecule has 0 spiro atoms. The molecule has 1 amide bonds. The first kappa shape index (κ1) is 22.3. The topological polar surface area (TPSA) is 66.5 Å². The van der Waals surface area contributed by atoms with Crippen molar-refractivity contribution in [1.29, 1.82) is 0 Å². The van der Waals surface area contributed by atoms with E-state index >= 15 is 0 Å². The van der Waals surface area contributed by atoms with Crippen LogP contribution in [0.4, 0.5) is 5.69 Å². The van der Waals surface area contributed by atoms with E-state index in [-0.39, 0.29) is 23.4 Å². The molecule has 0 bridgehead atoms. The molecule has 0 aliphatic heterocycles. The Labute approximate surface area is 184 Å². The van der Waals surface area contributed by atoms with Crippen LogP contribution in [-0.2, 0) is 10.0 Å². The molecule has 0 heterocycles. The molecule has 160 valence electrons. The van der Waals surface area contributed by atoms with Gasteiger partial charge in [-0.2, -0.15) is 0 Å². The Hall–Kier alpha value is -3.38. The number of benzene rings is 3. The molecule has 0 aliphatic rings. The largest absolute Gasteiger partial charge is 0.346 e. The van der Waals surface area contributed by atoms with Crippen LogP contribution in [0, 0.1) is 6.92 Å². The fourth-order valence-corrected chi connectivity index (χ4v) is 4.63. The van der Waals surface area contributed by atoms with Gasteiger partial charge in [-0.1, -0.05) is 54.1 Å². The van der Waals surface area contributed by atoms with E-state index < -0.39 is 10.0 Å². The predicted octanol–water partition coefficient (Wildman–Crippen LogP) is 4.87. The minimum absolute atomic E-state index is 0.118. The number of sulfonamides is 1. The molecule has 3 aromatic carbocycles. The third kappa shape index (κ3) is 5.22. The van der Waals surface area contributed by atoms with Crippen molar-refractivity contribution >= 4 is 21.6 Å². The Balaban J connectivity index is 1.79. The lowest BCUT2D eigenvalue weighted by atomic mass is 10.1. The fraction of sp³-hybridized carbons (Fsp3) is 0.160. The second-order valence-corrected chi connectivity index (χ2v) is 9.15. The smallest absolute Gasteiger partial charge is 0.264 e. The summed E-state index contributed by atoms with van der Waals surface area (Å²) in [5.41, 5.74) is 3.10. The third-order valence-corrected chi connectivity index (χ3v) is 6.78. The maximum atomic E-state index is 13.1. The van der Waals surface area contributed by atoms with Crippen LogP contribution in [-0.4, -0.2) is 20.9 Å². The number of nitrogens with one attached hydrogen (secondary N) is 1. The molecule has 0 aromatic heterocycles. The molecule has 0 fully saturated rings. The van der Waals surface area contributed by atoms with Crippen LogP contribution in [0.3, 0.4) is 0 Å². The number of carbonyl (C=O) groups is 1. The van der Waals surface area contributed by atoms with Crippen LogP contribution in [0.5, 0.6) is 0 Å². The first-order chi connectivity index (χ1) is 14.8. The van der Waals surface area contributed by atoms with Crippen molar-refractivity contribution in [2.75, 3.05) is 10.8 Å². The Morgan fingerprint density at radius 1 is 1.00 bits per heavy atom. The third-order valence-electron chi connectivity index (χ3n) is 4.97. The highest BCUT2D eigenvalue weighted by Crippen LogP contribution is 2.24. The van der Waals surface area contributed by atoms with Crippen molar-refractivity contribution in [3.63, 3.8) is 0 Å². The molecule has 5 nitrogen and oxygen atoms in total. The highest BCUT2D eigenvalue weighted by atomic mass is 32.2. The Morgan fingerprint density at radius 3 is 2.19 bits per heavy atom. The average Bonchev–Trinajstić information content (AvgIpc) is 2.78. The van der Waals surface area contributed by atoms with E-state index in [2.05, 4.69) is 11.9 Å². The van der Waals surface area contributed by atoms with Crippen LogP contribution in [0.1, 0.15) is 34.5 Å². The number of aryl methyl sites for hydroxylation is 1. The van der Waals surface area contributed by atoms with Gasteiger partial charge in [0.05, 0.1) is 23.2 Å². The zero-order valence-corrected chi connectivity index (χ0v) is 18.5. The number of rotatable bonds is 8. The molecule has 0 aliphatic carbocycles. The number of hydrogen-bond donors (Lipinski definition) is 1. The highest BCUT2D eigenvalue weighted by molar-refractivity contribution is 7.92. The number of amides is 1. The van der Waals surface area contributed by atoms with Gasteiger partial charge in [0.1, 0.15) is 0 Å². The van der Waals surface area contributed by atoms with E-state index in [9.17, 15) is 13.2 Å². The van der Waals surface area contributed by atoms with Crippen LogP contribution >= 0.6 is 0 Å². The lowest BCUT2D eigenvalue weighted by molar-refractivity contribution is 0.0940. The summed E-state index contributed by atoms with van der Waals surface area (Å²) in [7, 11) is -3.75. The van der Waals surface area contributed by atoms with Gasteiger partial charge in [-0.05, 0) is 55.8 Å². The Kier molecular flexibility index (Phi) is 6.92. The van der Waals surface area contributed by atoms with Gasteiger partial charge in [0, 0.05) is 5.56 Å². The lowest BCUT2D eigenvalue weighted by Gasteiger charge is -2.23. The molecule has 1 atom stereocenters. The molecule has 3 aromatic rings. The summed E-state index contributed by atoms with van der Waals surface area (Å²) in [6.07, 6.45) is 1.53. The quantitative estimate of drug-likeness (QED) is 0.515. The van der Waals surface area contributed by atoms with E-state index in [4.69, 9.17) is 0 Å². The van der Waals surface area contributed by atoms with E-state index in [1.807, 2.05) is 38.1 Å². The summed E-state index contributed by atoms with van der Waals surface area (Å²) in [6, 6.07) is 22.6. The summed E-state index contributed by atoms with van der Waals surface area (Å²) in [5, 5.41) is 2.97. The van der Waals surface area contributed by atoms with Crippen molar-refractivity contribution in [3.8, 4) is 0 Å². The van der Waals surface area contributed by atoms with Crippen molar-refractivity contribution < 1.29 is 13.2 Å². The highest BCUT2D eigenvalue weighted by Gasteiger charge is 2.24. The molecular formula is C25H26N2O3S. The zero-order chi connectivity index (χ0) is 22.4. The van der Waals surface area contributed by atoms with Crippen molar-refractivity contribution in [2.24, 2.45) is 0 Å². The summed E-state index contributed by atoms with van der Waals surface area (Å²) in [5.74, 6) is -0.221. The fourth-order valence-electron chi connectivity index (χ4n) is 3.18. The average molecular weight is 435 g/mol. The normalized spacial score (nSPS) is 12.1. The van der Waals surface area contributed by atoms with E-state index in [0.29, 0.717) is 11.3 Å². The molecule has 0 saturated heterocycles. The van der Waals surface area contributed by atoms with E-state index in [0.717, 1.165) is 11.1 Å². The van der Waals surface area contributed by atoms with Gasteiger partial charge in [-0.25, -0.2) is 8.42 Å². The first-order valence-corrected chi connectivity index (χ1v) is 11.4. The first-order valence-electron chi connectivity index (χ1n) is 9.99. The Bertz CT molecular complexity index is 1140. The monoisotopic (exact) mass is 434 g/mol. The zero-order valence-electron chi connectivity index (χ0n) is 17.7. The van der Waals surface area contributed by atoms with Gasteiger partial charge in [0.15, 0.2) is 0 Å². The summed E-state index contributed by atoms with van der Waals surface area (Å²) in [4.78, 5) is 12.9. The van der Waals surface area contributed by atoms with Gasteiger partial charge >= 0.3 is 0 Å². The Morgan fingerprint density at radius 2 is 1.61 bits per heavy atom. The molecular weight excluding hydrogens is 408 g/mol. The van der Waals surface area contributed by atoms with Crippen LogP contribution in [0.15, 0.2) is 96.4 Å². The number of anilines is 1. The van der Waals surface area contributed by atoms with E-state index in [1.165, 1.54) is 10.4 Å². The van der Waals surface area contributed by atoms with Gasteiger partial charge in [-0.15, -0.1) is 6.58 Å². The second kappa shape index (κ2) is 9.62. The SMILES string of the molecule is C=CCN(c1ccc(C(=O)NC(C)c2ccc(C)cc2)cc1)S(=O)(=O)c1ccccc1. The molecule has 1 unspecified atom stereocenters.